The maximum absolute atomic E-state index is 3.47. The van der Waals surface area contributed by atoms with Gasteiger partial charge >= 0.3 is 0 Å². The van der Waals surface area contributed by atoms with Gasteiger partial charge in [-0.3, -0.25) is 0 Å². The van der Waals surface area contributed by atoms with Crippen molar-refractivity contribution in [3.05, 3.63) is 41.5 Å². The van der Waals surface area contributed by atoms with Crippen LogP contribution in [0.3, 0.4) is 0 Å². The van der Waals surface area contributed by atoms with Crippen LogP contribution in [0.1, 0.15) is 32.8 Å². The molecule has 0 saturated heterocycles. The van der Waals surface area contributed by atoms with Gasteiger partial charge in [-0.15, -0.1) is 0 Å². The van der Waals surface area contributed by atoms with Crippen LogP contribution in [-0.4, -0.2) is 13.1 Å². The molecule has 0 aliphatic rings. The van der Waals surface area contributed by atoms with Gasteiger partial charge in [0.1, 0.15) is 0 Å². The van der Waals surface area contributed by atoms with Crippen molar-refractivity contribution < 1.29 is 0 Å². The molecule has 0 bridgehead atoms. The van der Waals surface area contributed by atoms with E-state index in [2.05, 4.69) is 62.5 Å². The van der Waals surface area contributed by atoms with Crippen LogP contribution < -0.4 is 5.32 Å². The van der Waals surface area contributed by atoms with Gasteiger partial charge in [0.2, 0.25) is 0 Å². The Morgan fingerprint density at radius 3 is 2.50 bits per heavy atom. The fraction of sp³-hybridized carbons (Fsp3) is 0.467. The van der Waals surface area contributed by atoms with Crippen LogP contribution in [0.4, 0.5) is 0 Å². The number of benzene rings is 1. The lowest BCUT2D eigenvalue weighted by molar-refractivity contribution is 0.657. The van der Waals surface area contributed by atoms with Gasteiger partial charge in [0.25, 0.3) is 0 Å². The van der Waals surface area contributed by atoms with Gasteiger partial charge in [-0.1, -0.05) is 62.8 Å². The van der Waals surface area contributed by atoms with Crippen molar-refractivity contribution in [2.75, 3.05) is 13.1 Å². The molecule has 1 nitrogen and oxygen atoms in total. The van der Waals surface area contributed by atoms with Crippen molar-refractivity contribution in [2.45, 2.75) is 27.2 Å². The molecule has 0 fully saturated rings. The van der Waals surface area contributed by atoms with E-state index in [1.807, 2.05) is 0 Å². The van der Waals surface area contributed by atoms with Crippen LogP contribution in [0.2, 0.25) is 0 Å². The van der Waals surface area contributed by atoms with Crippen molar-refractivity contribution in [2.24, 2.45) is 5.92 Å². The minimum Gasteiger partial charge on any atom is -0.313 e. The second kappa shape index (κ2) is 7.24. The summed E-state index contributed by atoms with van der Waals surface area (Å²) in [4.78, 5) is 0. The average molecular weight is 217 g/mol. The predicted molar refractivity (Wildman–Crippen MR) is 72.4 cm³/mol. The van der Waals surface area contributed by atoms with E-state index in [0.717, 1.165) is 13.1 Å². The van der Waals surface area contributed by atoms with E-state index in [4.69, 9.17) is 0 Å². The molecule has 0 aliphatic heterocycles. The molecule has 0 saturated carbocycles. The van der Waals surface area contributed by atoms with E-state index < -0.39 is 0 Å². The third kappa shape index (κ3) is 4.63. The number of rotatable bonds is 6. The summed E-state index contributed by atoms with van der Waals surface area (Å²) in [6.07, 6.45) is 3.49. The van der Waals surface area contributed by atoms with Gasteiger partial charge in [0.05, 0.1) is 0 Å². The molecule has 1 aromatic carbocycles. The Bertz CT molecular complexity index is 311. The molecule has 88 valence electrons. The molecule has 1 N–H and O–H groups in total. The predicted octanol–water partition coefficient (Wildman–Crippen LogP) is 3.73. The Kier molecular flexibility index (Phi) is 5.87. The van der Waals surface area contributed by atoms with Crippen LogP contribution in [0.5, 0.6) is 0 Å². The maximum atomic E-state index is 3.47. The van der Waals surface area contributed by atoms with Gasteiger partial charge in [-0.2, -0.15) is 0 Å². The monoisotopic (exact) mass is 217 g/mol. The molecule has 0 amide bonds. The Balaban J connectivity index is 2.66. The van der Waals surface area contributed by atoms with E-state index in [0.29, 0.717) is 5.92 Å². The standard InChI is InChI=1S/C15H23N/c1-4-10-16-12-15(13(2)3)11-14-8-6-5-7-9-14/h5-9,11,13,16H,4,10,12H2,1-3H3. The van der Waals surface area contributed by atoms with Gasteiger partial charge in [0.15, 0.2) is 0 Å². The highest BCUT2D eigenvalue weighted by molar-refractivity contribution is 5.53. The maximum Gasteiger partial charge on any atom is 0.0170 e. The highest BCUT2D eigenvalue weighted by Crippen LogP contribution is 2.13. The van der Waals surface area contributed by atoms with Crippen LogP contribution >= 0.6 is 0 Å². The van der Waals surface area contributed by atoms with E-state index in [-0.39, 0.29) is 0 Å². The molecule has 0 atom stereocenters. The zero-order chi connectivity index (χ0) is 11.8. The number of hydrogen-bond acceptors (Lipinski definition) is 1. The van der Waals surface area contributed by atoms with Crippen LogP contribution in [0.15, 0.2) is 35.9 Å². The first-order valence-electron chi connectivity index (χ1n) is 6.20. The zero-order valence-electron chi connectivity index (χ0n) is 10.7. The first kappa shape index (κ1) is 13.0. The number of hydrogen-bond donors (Lipinski definition) is 1. The highest BCUT2D eigenvalue weighted by atomic mass is 14.8. The summed E-state index contributed by atoms with van der Waals surface area (Å²) in [7, 11) is 0. The van der Waals surface area contributed by atoms with Gasteiger partial charge in [0, 0.05) is 6.54 Å². The fourth-order valence-corrected chi connectivity index (χ4v) is 1.59. The van der Waals surface area contributed by atoms with Gasteiger partial charge in [-0.25, -0.2) is 0 Å². The third-order valence-electron chi connectivity index (χ3n) is 2.65. The molecule has 16 heavy (non-hydrogen) atoms. The largest absolute Gasteiger partial charge is 0.313 e. The van der Waals surface area contributed by atoms with Crippen molar-refractivity contribution >= 4 is 6.08 Å². The van der Waals surface area contributed by atoms with E-state index in [9.17, 15) is 0 Å². The molecule has 1 heteroatoms. The topological polar surface area (TPSA) is 12.0 Å². The van der Waals surface area contributed by atoms with E-state index in [1.165, 1.54) is 17.6 Å². The molecule has 0 spiro atoms. The average Bonchev–Trinajstić information content (AvgIpc) is 2.29. The summed E-state index contributed by atoms with van der Waals surface area (Å²) in [5.41, 5.74) is 2.77. The lowest BCUT2D eigenvalue weighted by Gasteiger charge is -2.12. The van der Waals surface area contributed by atoms with Crippen molar-refractivity contribution in [1.29, 1.82) is 0 Å². The van der Waals surface area contributed by atoms with Gasteiger partial charge < -0.3 is 5.32 Å². The third-order valence-corrected chi connectivity index (χ3v) is 2.65. The Morgan fingerprint density at radius 1 is 1.25 bits per heavy atom. The molecule has 1 aromatic rings. The summed E-state index contributed by atoms with van der Waals surface area (Å²) >= 11 is 0. The fourth-order valence-electron chi connectivity index (χ4n) is 1.59. The van der Waals surface area contributed by atoms with E-state index in [1.54, 1.807) is 0 Å². The SMILES string of the molecule is CCCNCC(=Cc1ccccc1)C(C)C. The first-order valence-corrected chi connectivity index (χ1v) is 6.20. The van der Waals surface area contributed by atoms with E-state index >= 15 is 0 Å². The summed E-state index contributed by atoms with van der Waals surface area (Å²) in [6, 6.07) is 10.5. The second-order valence-corrected chi connectivity index (χ2v) is 4.46. The quantitative estimate of drug-likeness (QED) is 0.716. The molecule has 0 aliphatic carbocycles. The molecule has 0 heterocycles. The minimum atomic E-state index is 0.601. The highest BCUT2D eigenvalue weighted by Gasteiger charge is 2.02. The second-order valence-electron chi connectivity index (χ2n) is 4.46. The molecular weight excluding hydrogens is 194 g/mol. The molecular formula is C15H23N. The van der Waals surface area contributed by atoms with Crippen molar-refractivity contribution in [3.63, 3.8) is 0 Å². The Morgan fingerprint density at radius 2 is 1.94 bits per heavy atom. The molecule has 0 aromatic heterocycles. The Hall–Kier alpha value is -1.08. The van der Waals surface area contributed by atoms with Crippen molar-refractivity contribution in [3.8, 4) is 0 Å². The minimum absolute atomic E-state index is 0.601. The first-order chi connectivity index (χ1) is 7.74. The lowest BCUT2D eigenvalue weighted by Crippen LogP contribution is -2.19. The van der Waals surface area contributed by atoms with Crippen LogP contribution in [0.25, 0.3) is 6.08 Å². The normalized spacial score (nSPS) is 12.1. The van der Waals surface area contributed by atoms with Crippen LogP contribution in [-0.2, 0) is 0 Å². The number of nitrogens with one attached hydrogen (secondary N) is 1. The molecule has 1 rings (SSSR count). The zero-order valence-corrected chi connectivity index (χ0v) is 10.7. The summed E-state index contributed by atoms with van der Waals surface area (Å²) in [6.45, 7) is 8.80. The van der Waals surface area contributed by atoms with Crippen LogP contribution in [0, 0.1) is 5.92 Å². The summed E-state index contributed by atoms with van der Waals surface area (Å²) in [5, 5.41) is 3.47. The summed E-state index contributed by atoms with van der Waals surface area (Å²) in [5.74, 6) is 0.601. The van der Waals surface area contributed by atoms with Crippen molar-refractivity contribution in [1.82, 2.24) is 5.32 Å². The molecule has 0 radical (unpaired) electrons. The molecule has 0 unspecified atom stereocenters. The summed E-state index contributed by atoms with van der Waals surface area (Å²) < 4.78 is 0. The smallest absolute Gasteiger partial charge is 0.0170 e. The van der Waals surface area contributed by atoms with Gasteiger partial charge in [-0.05, 0) is 24.4 Å². The Labute approximate surface area is 99.6 Å². The lowest BCUT2D eigenvalue weighted by atomic mass is 10.0.